The summed E-state index contributed by atoms with van der Waals surface area (Å²) in [5, 5.41) is 0. The van der Waals surface area contributed by atoms with Crippen molar-refractivity contribution in [1.82, 2.24) is 5.43 Å². The van der Waals surface area contributed by atoms with Gasteiger partial charge in [-0.1, -0.05) is 49.6 Å². The van der Waals surface area contributed by atoms with Crippen LogP contribution in [0.3, 0.4) is 0 Å². The Balaban J connectivity index is 1.96. The van der Waals surface area contributed by atoms with E-state index in [1.165, 1.54) is 32.1 Å². The number of nitrogens with two attached hydrogens (primary N) is 1. The van der Waals surface area contributed by atoms with E-state index >= 15 is 0 Å². The van der Waals surface area contributed by atoms with E-state index in [1.54, 1.807) is 0 Å². The summed E-state index contributed by atoms with van der Waals surface area (Å²) in [7, 11) is 0. The van der Waals surface area contributed by atoms with Gasteiger partial charge in [0.15, 0.2) is 6.10 Å². The van der Waals surface area contributed by atoms with Crippen LogP contribution >= 0.6 is 0 Å². The molecule has 0 spiro atoms. The molecule has 1 aliphatic carbocycles. The average molecular weight is 262 g/mol. The van der Waals surface area contributed by atoms with Crippen LogP contribution in [0.15, 0.2) is 30.3 Å². The van der Waals surface area contributed by atoms with Gasteiger partial charge in [-0.3, -0.25) is 10.2 Å². The Morgan fingerprint density at radius 2 is 1.95 bits per heavy atom. The zero-order valence-electron chi connectivity index (χ0n) is 11.2. The normalized spacial score (nSPS) is 17.9. The summed E-state index contributed by atoms with van der Waals surface area (Å²) >= 11 is 0. The minimum atomic E-state index is -0.604. The lowest BCUT2D eigenvalue weighted by molar-refractivity contribution is -0.134. The number of ether oxygens (including phenoxy) is 1. The zero-order valence-corrected chi connectivity index (χ0v) is 11.2. The van der Waals surface area contributed by atoms with Crippen molar-refractivity contribution in [3.05, 3.63) is 35.9 Å². The number of rotatable bonds is 5. The first-order chi connectivity index (χ1) is 9.31. The predicted molar refractivity (Wildman–Crippen MR) is 74.0 cm³/mol. The van der Waals surface area contributed by atoms with E-state index in [2.05, 4.69) is 5.43 Å². The van der Waals surface area contributed by atoms with E-state index in [1.807, 2.05) is 30.3 Å². The van der Waals surface area contributed by atoms with Gasteiger partial charge in [-0.25, -0.2) is 5.84 Å². The van der Waals surface area contributed by atoms with E-state index in [-0.39, 0.29) is 5.91 Å². The second-order valence-corrected chi connectivity index (χ2v) is 5.14. The van der Waals surface area contributed by atoms with Crippen LogP contribution in [0.1, 0.15) is 43.8 Å². The summed E-state index contributed by atoms with van der Waals surface area (Å²) in [5.41, 5.74) is 3.04. The van der Waals surface area contributed by atoms with Crippen molar-refractivity contribution >= 4 is 5.91 Å². The molecule has 1 aromatic carbocycles. The SMILES string of the molecule is NNC(=O)C(OCC1CCCCC1)c1ccccc1. The molecule has 1 aliphatic rings. The lowest BCUT2D eigenvalue weighted by Crippen LogP contribution is -2.36. The molecule has 0 radical (unpaired) electrons. The Bertz CT molecular complexity index is 388. The first-order valence-electron chi connectivity index (χ1n) is 6.98. The number of nitrogens with one attached hydrogen (secondary N) is 1. The molecule has 1 atom stereocenters. The van der Waals surface area contributed by atoms with Crippen LogP contribution in [0.25, 0.3) is 0 Å². The second-order valence-electron chi connectivity index (χ2n) is 5.14. The van der Waals surface area contributed by atoms with Gasteiger partial charge in [0.05, 0.1) is 6.61 Å². The van der Waals surface area contributed by atoms with Crippen molar-refractivity contribution in [2.24, 2.45) is 11.8 Å². The fourth-order valence-corrected chi connectivity index (χ4v) is 2.61. The molecular weight excluding hydrogens is 240 g/mol. The Morgan fingerprint density at radius 3 is 2.58 bits per heavy atom. The number of carbonyl (C=O) groups is 1. The van der Waals surface area contributed by atoms with Gasteiger partial charge in [0.2, 0.25) is 0 Å². The largest absolute Gasteiger partial charge is 0.363 e. The molecule has 0 saturated heterocycles. The molecule has 1 unspecified atom stereocenters. The number of hydrazine groups is 1. The summed E-state index contributed by atoms with van der Waals surface area (Å²) in [4.78, 5) is 11.8. The quantitative estimate of drug-likeness (QED) is 0.486. The highest BCUT2D eigenvalue weighted by Crippen LogP contribution is 2.26. The lowest BCUT2D eigenvalue weighted by Gasteiger charge is -2.24. The molecule has 0 aromatic heterocycles. The van der Waals surface area contributed by atoms with E-state index in [4.69, 9.17) is 10.6 Å². The first kappa shape index (κ1) is 14.0. The van der Waals surface area contributed by atoms with Crippen molar-refractivity contribution in [3.63, 3.8) is 0 Å². The van der Waals surface area contributed by atoms with Gasteiger partial charge in [0, 0.05) is 0 Å². The Labute approximate surface area is 114 Å². The molecule has 1 aromatic rings. The molecule has 2 rings (SSSR count). The van der Waals surface area contributed by atoms with Gasteiger partial charge >= 0.3 is 0 Å². The average Bonchev–Trinajstić information content (AvgIpc) is 2.49. The highest BCUT2D eigenvalue weighted by atomic mass is 16.5. The number of carbonyl (C=O) groups excluding carboxylic acids is 1. The fraction of sp³-hybridized carbons (Fsp3) is 0.533. The van der Waals surface area contributed by atoms with E-state index < -0.39 is 6.10 Å². The molecule has 104 valence electrons. The van der Waals surface area contributed by atoms with E-state index in [0.717, 1.165) is 5.56 Å². The van der Waals surface area contributed by atoms with Crippen molar-refractivity contribution in [1.29, 1.82) is 0 Å². The summed E-state index contributed by atoms with van der Waals surface area (Å²) in [6.07, 6.45) is 5.66. The monoisotopic (exact) mass is 262 g/mol. The van der Waals surface area contributed by atoms with Crippen molar-refractivity contribution in [2.75, 3.05) is 6.61 Å². The predicted octanol–water partition coefficient (Wildman–Crippen LogP) is 2.31. The van der Waals surface area contributed by atoms with Crippen LogP contribution in [0.2, 0.25) is 0 Å². The third-order valence-electron chi connectivity index (χ3n) is 3.71. The summed E-state index contributed by atoms with van der Waals surface area (Å²) in [6.45, 7) is 0.632. The maximum absolute atomic E-state index is 11.8. The number of hydrogen-bond donors (Lipinski definition) is 2. The Kier molecular flexibility index (Phi) is 5.36. The van der Waals surface area contributed by atoms with Crippen LogP contribution in [0.5, 0.6) is 0 Å². The van der Waals surface area contributed by atoms with Gasteiger partial charge in [-0.2, -0.15) is 0 Å². The van der Waals surface area contributed by atoms with Gasteiger partial charge < -0.3 is 4.74 Å². The third kappa shape index (κ3) is 4.04. The van der Waals surface area contributed by atoms with Gasteiger partial charge in [-0.15, -0.1) is 0 Å². The van der Waals surface area contributed by atoms with Crippen LogP contribution in [0, 0.1) is 5.92 Å². The molecule has 4 heteroatoms. The fourth-order valence-electron chi connectivity index (χ4n) is 2.61. The molecule has 1 saturated carbocycles. The van der Waals surface area contributed by atoms with Crippen LogP contribution < -0.4 is 11.3 Å². The second kappa shape index (κ2) is 7.26. The first-order valence-corrected chi connectivity index (χ1v) is 6.98. The molecule has 4 nitrogen and oxygen atoms in total. The Morgan fingerprint density at radius 1 is 1.26 bits per heavy atom. The number of amides is 1. The molecule has 0 bridgehead atoms. The lowest BCUT2D eigenvalue weighted by atomic mass is 9.90. The van der Waals surface area contributed by atoms with Crippen LogP contribution in [0.4, 0.5) is 0 Å². The van der Waals surface area contributed by atoms with Gasteiger partial charge in [0.1, 0.15) is 0 Å². The van der Waals surface area contributed by atoms with Gasteiger partial charge in [-0.05, 0) is 24.3 Å². The van der Waals surface area contributed by atoms with Crippen LogP contribution in [-0.4, -0.2) is 12.5 Å². The summed E-state index contributed by atoms with van der Waals surface area (Å²) < 4.78 is 5.83. The standard InChI is InChI=1S/C15H22N2O2/c16-17-15(18)14(13-9-5-2-6-10-13)19-11-12-7-3-1-4-8-12/h2,5-6,9-10,12,14H,1,3-4,7-8,11,16H2,(H,17,18). The number of benzene rings is 1. The molecular formula is C15H22N2O2. The minimum absolute atomic E-state index is 0.290. The topological polar surface area (TPSA) is 64.3 Å². The molecule has 1 amide bonds. The van der Waals surface area contributed by atoms with Crippen molar-refractivity contribution in [2.45, 2.75) is 38.2 Å². The minimum Gasteiger partial charge on any atom is -0.363 e. The van der Waals surface area contributed by atoms with Gasteiger partial charge in [0.25, 0.3) is 5.91 Å². The summed E-state index contributed by atoms with van der Waals surface area (Å²) in [6, 6.07) is 9.50. The maximum atomic E-state index is 11.8. The van der Waals surface area contributed by atoms with Crippen molar-refractivity contribution in [3.8, 4) is 0 Å². The van der Waals surface area contributed by atoms with E-state index in [0.29, 0.717) is 12.5 Å². The summed E-state index contributed by atoms with van der Waals surface area (Å²) in [5.74, 6) is 5.52. The maximum Gasteiger partial charge on any atom is 0.267 e. The highest BCUT2D eigenvalue weighted by molar-refractivity contribution is 5.81. The Hall–Kier alpha value is -1.39. The zero-order chi connectivity index (χ0) is 13.5. The van der Waals surface area contributed by atoms with Crippen LogP contribution in [-0.2, 0) is 9.53 Å². The van der Waals surface area contributed by atoms with Crippen molar-refractivity contribution < 1.29 is 9.53 Å². The highest BCUT2D eigenvalue weighted by Gasteiger charge is 2.22. The van der Waals surface area contributed by atoms with E-state index in [9.17, 15) is 4.79 Å². The molecule has 19 heavy (non-hydrogen) atoms. The molecule has 1 fully saturated rings. The third-order valence-corrected chi connectivity index (χ3v) is 3.71. The molecule has 0 aliphatic heterocycles. The number of hydrogen-bond acceptors (Lipinski definition) is 3. The smallest absolute Gasteiger partial charge is 0.267 e. The molecule has 3 N–H and O–H groups in total. The molecule has 0 heterocycles.